The summed E-state index contributed by atoms with van der Waals surface area (Å²) < 4.78 is 28.7. The molecule has 0 radical (unpaired) electrons. The minimum Gasteiger partial charge on any atom is -0.352 e. The Hall–Kier alpha value is -2.78. The zero-order valence-corrected chi connectivity index (χ0v) is 17.9. The number of rotatable bonds is 5. The molecule has 1 N–H and O–H groups in total. The van der Waals surface area contributed by atoms with Crippen LogP contribution in [0.1, 0.15) is 34.6 Å². The van der Waals surface area contributed by atoms with Crippen molar-refractivity contribution in [3.05, 3.63) is 59.5 Å². The van der Waals surface area contributed by atoms with Gasteiger partial charge >= 0.3 is 0 Å². The number of hydrogen-bond donors (Lipinski definition) is 1. The highest BCUT2D eigenvalue weighted by Crippen LogP contribution is 2.23. The molecular formula is C21H25N5O3S. The summed E-state index contributed by atoms with van der Waals surface area (Å²) >= 11 is 0. The number of aryl methyl sites for hydroxylation is 2. The van der Waals surface area contributed by atoms with Gasteiger partial charge in [-0.05, 0) is 50.8 Å². The van der Waals surface area contributed by atoms with Crippen molar-refractivity contribution in [3.8, 4) is 0 Å². The summed E-state index contributed by atoms with van der Waals surface area (Å²) in [5.74, 6) is 0.0243. The summed E-state index contributed by atoms with van der Waals surface area (Å²) in [5, 5.41) is 7.23. The highest BCUT2D eigenvalue weighted by atomic mass is 32.2. The lowest BCUT2D eigenvalue weighted by Gasteiger charge is -2.31. The molecule has 0 unspecified atom stereocenters. The Balaban J connectivity index is 1.36. The molecule has 2 aromatic heterocycles. The van der Waals surface area contributed by atoms with E-state index >= 15 is 0 Å². The first-order valence-electron chi connectivity index (χ1n) is 10.0. The van der Waals surface area contributed by atoms with Crippen molar-refractivity contribution in [2.24, 2.45) is 5.92 Å². The molecule has 1 saturated heterocycles. The van der Waals surface area contributed by atoms with E-state index in [0.29, 0.717) is 48.6 Å². The molecule has 1 amide bonds. The zero-order valence-electron chi connectivity index (χ0n) is 17.1. The van der Waals surface area contributed by atoms with E-state index in [1.807, 2.05) is 19.9 Å². The third-order valence-corrected chi connectivity index (χ3v) is 7.44. The number of benzene rings is 1. The third kappa shape index (κ3) is 3.95. The average molecular weight is 428 g/mol. The molecule has 1 aliphatic heterocycles. The number of aromatic nitrogens is 3. The molecule has 4 rings (SSSR count). The Morgan fingerprint density at radius 1 is 1.17 bits per heavy atom. The van der Waals surface area contributed by atoms with Gasteiger partial charge in [-0.1, -0.05) is 18.2 Å². The summed E-state index contributed by atoms with van der Waals surface area (Å²) in [6.07, 6.45) is 2.95. The van der Waals surface area contributed by atoms with Crippen LogP contribution in [0.25, 0.3) is 5.65 Å². The number of sulfonamides is 1. The number of piperidine rings is 1. The van der Waals surface area contributed by atoms with E-state index in [4.69, 9.17) is 0 Å². The second kappa shape index (κ2) is 8.16. The molecule has 0 atom stereocenters. The van der Waals surface area contributed by atoms with Crippen molar-refractivity contribution in [2.75, 3.05) is 19.6 Å². The van der Waals surface area contributed by atoms with Crippen LogP contribution in [0.4, 0.5) is 0 Å². The summed E-state index contributed by atoms with van der Waals surface area (Å²) in [6.45, 7) is 5.22. The number of nitrogens with one attached hydrogen (secondary N) is 1. The Bertz CT molecular complexity index is 1170. The minimum absolute atomic E-state index is 0.207. The second-order valence-corrected chi connectivity index (χ2v) is 9.64. The molecule has 3 aromatic rings. The summed E-state index contributed by atoms with van der Waals surface area (Å²) in [4.78, 5) is 17.4. The molecule has 1 aliphatic rings. The Labute approximate surface area is 176 Å². The Morgan fingerprint density at radius 3 is 2.57 bits per heavy atom. The first-order chi connectivity index (χ1) is 14.4. The van der Waals surface area contributed by atoms with Gasteiger partial charge in [0.25, 0.3) is 5.91 Å². The van der Waals surface area contributed by atoms with Gasteiger partial charge in [0.05, 0.1) is 11.1 Å². The molecule has 0 saturated carbocycles. The summed E-state index contributed by atoms with van der Waals surface area (Å²) in [6, 6.07) is 10.4. The van der Waals surface area contributed by atoms with E-state index in [0.717, 1.165) is 11.4 Å². The minimum atomic E-state index is -3.46. The van der Waals surface area contributed by atoms with Crippen molar-refractivity contribution in [1.82, 2.24) is 24.2 Å². The predicted octanol–water partition coefficient (Wildman–Crippen LogP) is 2.18. The van der Waals surface area contributed by atoms with Crippen molar-refractivity contribution in [3.63, 3.8) is 0 Å². The summed E-state index contributed by atoms with van der Waals surface area (Å²) in [5.41, 5.74) is 2.75. The number of nitrogens with zero attached hydrogens (tertiary/aromatic N) is 4. The largest absolute Gasteiger partial charge is 0.352 e. The highest BCUT2D eigenvalue weighted by molar-refractivity contribution is 7.89. The molecule has 9 heteroatoms. The molecule has 30 heavy (non-hydrogen) atoms. The van der Waals surface area contributed by atoms with Crippen LogP contribution in [0, 0.1) is 19.8 Å². The van der Waals surface area contributed by atoms with E-state index in [1.165, 1.54) is 4.31 Å². The summed E-state index contributed by atoms with van der Waals surface area (Å²) in [7, 11) is -3.46. The van der Waals surface area contributed by atoms with Crippen LogP contribution in [0.15, 0.2) is 47.5 Å². The monoisotopic (exact) mass is 427 g/mol. The van der Waals surface area contributed by atoms with Gasteiger partial charge in [0.1, 0.15) is 5.56 Å². The van der Waals surface area contributed by atoms with Crippen LogP contribution < -0.4 is 5.32 Å². The lowest BCUT2D eigenvalue weighted by Crippen LogP contribution is -2.41. The number of fused-ring (bicyclic) bond motifs is 1. The molecule has 1 fully saturated rings. The second-order valence-electron chi connectivity index (χ2n) is 7.70. The lowest BCUT2D eigenvalue weighted by molar-refractivity contribution is 0.0943. The Morgan fingerprint density at radius 2 is 1.87 bits per heavy atom. The van der Waals surface area contributed by atoms with Gasteiger partial charge in [-0.2, -0.15) is 9.40 Å². The first-order valence-corrected chi connectivity index (χ1v) is 11.5. The van der Waals surface area contributed by atoms with Crippen molar-refractivity contribution in [2.45, 2.75) is 31.6 Å². The van der Waals surface area contributed by atoms with Crippen molar-refractivity contribution in [1.29, 1.82) is 0 Å². The third-order valence-electron chi connectivity index (χ3n) is 5.53. The number of hydrogen-bond acceptors (Lipinski definition) is 5. The van der Waals surface area contributed by atoms with Crippen molar-refractivity contribution < 1.29 is 13.2 Å². The number of carbonyl (C=O) groups is 1. The fraction of sp³-hybridized carbons (Fsp3) is 0.381. The quantitative estimate of drug-likeness (QED) is 0.673. The Kier molecular flexibility index (Phi) is 5.57. The van der Waals surface area contributed by atoms with Gasteiger partial charge in [-0.3, -0.25) is 4.79 Å². The van der Waals surface area contributed by atoms with Gasteiger partial charge in [0.15, 0.2) is 5.65 Å². The van der Waals surface area contributed by atoms with E-state index < -0.39 is 10.0 Å². The molecule has 8 nitrogen and oxygen atoms in total. The van der Waals surface area contributed by atoms with Crippen LogP contribution in [-0.4, -0.2) is 52.9 Å². The molecule has 0 spiro atoms. The van der Waals surface area contributed by atoms with E-state index in [9.17, 15) is 13.2 Å². The maximum absolute atomic E-state index is 12.7. The van der Waals surface area contributed by atoms with E-state index in [1.54, 1.807) is 41.0 Å². The molecule has 0 bridgehead atoms. The van der Waals surface area contributed by atoms with Gasteiger partial charge in [0, 0.05) is 31.0 Å². The van der Waals surface area contributed by atoms with Crippen LogP contribution in [0.5, 0.6) is 0 Å². The normalized spacial score (nSPS) is 16.1. The fourth-order valence-corrected chi connectivity index (χ4v) is 5.35. The van der Waals surface area contributed by atoms with Crippen LogP contribution in [-0.2, 0) is 10.0 Å². The molecular weight excluding hydrogens is 402 g/mol. The maximum atomic E-state index is 12.7. The first kappa shape index (κ1) is 20.5. The molecule has 158 valence electrons. The van der Waals surface area contributed by atoms with Crippen LogP contribution >= 0.6 is 0 Å². The van der Waals surface area contributed by atoms with Crippen molar-refractivity contribution >= 4 is 21.6 Å². The van der Waals surface area contributed by atoms with Gasteiger partial charge in [-0.25, -0.2) is 17.9 Å². The molecule has 0 aliphatic carbocycles. The molecule has 3 heterocycles. The van der Waals surface area contributed by atoms with Gasteiger partial charge in [-0.15, -0.1) is 0 Å². The standard InChI is InChI=1S/C21H25N5O3S/c1-15-12-16(2)26-20(24-15)19(14-23-26)21(27)22-13-17-8-10-25(11-9-17)30(28,29)18-6-4-3-5-7-18/h3-7,12,14,17H,8-11,13H2,1-2H3,(H,22,27). The van der Waals surface area contributed by atoms with E-state index in [2.05, 4.69) is 15.4 Å². The van der Waals surface area contributed by atoms with Gasteiger partial charge < -0.3 is 5.32 Å². The maximum Gasteiger partial charge on any atom is 0.256 e. The van der Waals surface area contributed by atoms with E-state index in [-0.39, 0.29) is 11.8 Å². The topological polar surface area (TPSA) is 96.7 Å². The predicted molar refractivity (Wildman–Crippen MR) is 113 cm³/mol. The smallest absolute Gasteiger partial charge is 0.256 e. The lowest BCUT2D eigenvalue weighted by atomic mass is 9.98. The average Bonchev–Trinajstić information content (AvgIpc) is 3.17. The van der Waals surface area contributed by atoms with Crippen LogP contribution in [0.2, 0.25) is 0 Å². The zero-order chi connectivity index (χ0) is 21.3. The van der Waals surface area contributed by atoms with Crippen LogP contribution in [0.3, 0.4) is 0 Å². The SMILES string of the molecule is Cc1cc(C)n2ncc(C(=O)NCC3CCN(S(=O)(=O)c4ccccc4)CC3)c2n1. The fourth-order valence-electron chi connectivity index (χ4n) is 3.86. The number of carbonyl (C=O) groups excluding carboxylic acids is 1. The highest BCUT2D eigenvalue weighted by Gasteiger charge is 2.29. The van der Waals surface area contributed by atoms with Gasteiger partial charge in [0.2, 0.25) is 10.0 Å². The molecule has 1 aromatic carbocycles. The number of amides is 1.